The van der Waals surface area contributed by atoms with Crippen molar-refractivity contribution in [2.45, 2.75) is 82.2 Å². The largest absolute Gasteiger partial charge is 0.328 e. The lowest BCUT2D eigenvalue weighted by Crippen LogP contribution is -2.55. The number of fused-ring (bicyclic) bond motifs is 1. The zero-order valence-corrected chi connectivity index (χ0v) is 16.6. The lowest BCUT2D eigenvalue weighted by atomic mass is 9.81. The number of nitrogens with zero attached hydrogens (tertiary/aromatic N) is 2. The molecule has 0 radical (unpaired) electrons. The van der Waals surface area contributed by atoms with Crippen LogP contribution in [0.25, 0.3) is 0 Å². The highest BCUT2D eigenvalue weighted by Crippen LogP contribution is 2.35. The first-order valence-electron chi connectivity index (χ1n) is 10.8. The highest BCUT2D eigenvalue weighted by atomic mass is 16.2. The number of nitrogens with two attached hydrogens (primary N) is 1. The first kappa shape index (κ1) is 18.8. The fraction of sp³-hybridized carbons (Fsp3) is 0.591. The number of nitrogens with one attached hydrogen (secondary N) is 1. The summed E-state index contributed by atoms with van der Waals surface area (Å²) in [7, 11) is 0. The van der Waals surface area contributed by atoms with Crippen LogP contribution in [0.5, 0.6) is 0 Å². The van der Waals surface area contributed by atoms with E-state index in [0.717, 1.165) is 24.9 Å². The maximum atomic E-state index is 12.9. The molecule has 0 aromatic heterocycles. The molecule has 3 amide bonds. The minimum atomic E-state index is -0.556. The molecule has 2 saturated carbocycles. The number of hydrogen-bond acceptors (Lipinski definition) is 5. The van der Waals surface area contributed by atoms with Gasteiger partial charge in [-0.05, 0) is 49.3 Å². The van der Waals surface area contributed by atoms with E-state index < -0.39 is 6.04 Å². The third-order valence-electron chi connectivity index (χ3n) is 7.12. The fourth-order valence-electron chi connectivity index (χ4n) is 5.11. The van der Waals surface area contributed by atoms with Crippen LogP contribution in [-0.4, -0.2) is 51.7 Å². The van der Waals surface area contributed by atoms with Crippen molar-refractivity contribution in [3.63, 3.8) is 0 Å². The smallest absolute Gasteiger partial charge is 0.255 e. The van der Waals surface area contributed by atoms with Gasteiger partial charge in [-0.25, -0.2) is 0 Å². The second-order valence-electron chi connectivity index (χ2n) is 9.03. The van der Waals surface area contributed by atoms with Crippen LogP contribution in [0.3, 0.4) is 0 Å². The topological polar surface area (TPSA) is 95.7 Å². The van der Waals surface area contributed by atoms with Crippen LogP contribution in [0.15, 0.2) is 18.2 Å². The molecule has 0 bridgehead atoms. The lowest BCUT2D eigenvalue weighted by molar-refractivity contribution is -0.136. The molecule has 1 unspecified atom stereocenters. The van der Waals surface area contributed by atoms with Gasteiger partial charge in [-0.3, -0.25) is 24.6 Å². The summed E-state index contributed by atoms with van der Waals surface area (Å²) in [6.45, 7) is 1.33. The Morgan fingerprint density at radius 1 is 1.10 bits per heavy atom. The molecule has 154 valence electrons. The highest BCUT2D eigenvalue weighted by molar-refractivity contribution is 6.05. The molecular weight excluding hydrogens is 368 g/mol. The normalized spacial score (nSPS) is 29.5. The van der Waals surface area contributed by atoms with E-state index in [1.54, 1.807) is 4.90 Å². The Bertz CT molecular complexity index is 860. The number of rotatable bonds is 5. The van der Waals surface area contributed by atoms with Gasteiger partial charge in [0.05, 0.1) is 0 Å². The van der Waals surface area contributed by atoms with Crippen molar-refractivity contribution in [1.82, 2.24) is 15.1 Å². The summed E-state index contributed by atoms with van der Waals surface area (Å²) in [5.41, 5.74) is 8.91. The Kier molecular flexibility index (Phi) is 4.67. The van der Waals surface area contributed by atoms with Crippen molar-refractivity contribution in [1.29, 1.82) is 0 Å². The minimum Gasteiger partial charge on any atom is -0.328 e. The summed E-state index contributed by atoms with van der Waals surface area (Å²) < 4.78 is 0. The second-order valence-corrected chi connectivity index (χ2v) is 9.03. The van der Waals surface area contributed by atoms with E-state index in [4.69, 9.17) is 5.73 Å². The van der Waals surface area contributed by atoms with Crippen LogP contribution in [0.2, 0.25) is 0 Å². The highest BCUT2D eigenvalue weighted by Gasteiger charge is 2.40. The van der Waals surface area contributed by atoms with Gasteiger partial charge in [-0.2, -0.15) is 0 Å². The minimum absolute atomic E-state index is 0.109. The molecular formula is C22H28N4O3. The van der Waals surface area contributed by atoms with Crippen molar-refractivity contribution in [3.05, 3.63) is 34.9 Å². The van der Waals surface area contributed by atoms with E-state index in [1.165, 1.54) is 24.8 Å². The Labute approximate surface area is 170 Å². The molecule has 2 aliphatic carbocycles. The van der Waals surface area contributed by atoms with Gasteiger partial charge in [-0.15, -0.1) is 0 Å². The van der Waals surface area contributed by atoms with Gasteiger partial charge in [0.2, 0.25) is 11.8 Å². The molecule has 3 fully saturated rings. The summed E-state index contributed by atoms with van der Waals surface area (Å²) in [5.74, 6) is -0.730. The predicted molar refractivity (Wildman–Crippen MR) is 107 cm³/mol. The molecule has 5 rings (SSSR count). The van der Waals surface area contributed by atoms with Crippen LogP contribution in [-0.2, 0) is 22.7 Å². The lowest BCUT2D eigenvalue weighted by Gasteiger charge is -2.48. The SMILES string of the molecule is NC1CC(N(Cc2ccc3c(c2)CN(C2CCC(=O)NC2=O)C3=O)C2CCC2)C1. The van der Waals surface area contributed by atoms with Crippen molar-refractivity contribution >= 4 is 17.7 Å². The van der Waals surface area contributed by atoms with Gasteiger partial charge >= 0.3 is 0 Å². The second kappa shape index (κ2) is 7.22. The number of imide groups is 1. The van der Waals surface area contributed by atoms with Gasteiger partial charge in [0.25, 0.3) is 5.91 Å². The van der Waals surface area contributed by atoms with Crippen LogP contribution in [0.4, 0.5) is 0 Å². The Hall–Kier alpha value is -2.25. The summed E-state index contributed by atoms with van der Waals surface area (Å²) in [6.07, 6.45) is 6.65. The average Bonchev–Trinajstić information content (AvgIpc) is 2.93. The molecule has 3 N–H and O–H groups in total. The molecule has 1 aromatic carbocycles. The number of piperidine rings is 1. The zero-order chi connectivity index (χ0) is 20.1. The van der Waals surface area contributed by atoms with Crippen LogP contribution in [0.1, 0.15) is 66.4 Å². The Morgan fingerprint density at radius 2 is 1.90 bits per heavy atom. The number of carbonyl (C=O) groups is 3. The number of carbonyl (C=O) groups excluding carboxylic acids is 3. The molecule has 2 aliphatic heterocycles. The number of benzene rings is 1. The first-order valence-corrected chi connectivity index (χ1v) is 10.8. The van der Waals surface area contributed by atoms with E-state index in [9.17, 15) is 14.4 Å². The Balaban J connectivity index is 1.31. The van der Waals surface area contributed by atoms with Crippen molar-refractivity contribution in [3.8, 4) is 0 Å². The van der Waals surface area contributed by atoms with Gasteiger partial charge in [0.15, 0.2) is 0 Å². The standard InChI is InChI=1S/C22H28N4O3/c23-15-9-17(10-15)25(16-2-1-3-16)11-13-4-5-18-14(8-13)12-26(22(18)29)19-6-7-20(27)24-21(19)28/h4-5,8,15-17,19H,1-3,6-7,9-12,23H2,(H,24,27,28). The number of hydrogen-bond donors (Lipinski definition) is 2. The molecule has 29 heavy (non-hydrogen) atoms. The monoisotopic (exact) mass is 396 g/mol. The maximum Gasteiger partial charge on any atom is 0.255 e. The first-order chi connectivity index (χ1) is 14.0. The molecule has 2 heterocycles. The zero-order valence-electron chi connectivity index (χ0n) is 16.6. The van der Waals surface area contributed by atoms with Crippen LogP contribution < -0.4 is 11.1 Å². The van der Waals surface area contributed by atoms with Gasteiger partial charge < -0.3 is 10.6 Å². The molecule has 0 spiro atoms. The summed E-state index contributed by atoms with van der Waals surface area (Å²) in [5, 5.41) is 2.36. The predicted octanol–water partition coefficient (Wildman–Crippen LogP) is 1.29. The quantitative estimate of drug-likeness (QED) is 0.732. The summed E-state index contributed by atoms with van der Waals surface area (Å²) >= 11 is 0. The number of amides is 3. The van der Waals surface area contributed by atoms with E-state index in [1.807, 2.05) is 6.07 Å². The molecule has 1 atom stereocenters. The van der Waals surface area contributed by atoms with Crippen molar-refractivity contribution < 1.29 is 14.4 Å². The fourth-order valence-corrected chi connectivity index (χ4v) is 5.11. The maximum absolute atomic E-state index is 12.9. The van der Waals surface area contributed by atoms with E-state index in [0.29, 0.717) is 36.7 Å². The molecule has 7 heteroatoms. The molecule has 1 saturated heterocycles. The van der Waals surface area contributed by atoms with E-state index in [2.05, 4.69) is 22.3 Å². The van der Waals surface area contributed by atoms with Crippen LogP contribution in [0, 0.1) is 0 Å². The van der Waals surface area contributed by atoms with E-state index >= 15 is 0 Å². The third kappa shape index (κ3) is 3.36. The van der Waals surface area contributed by atoms with Gasteiger partial charge in [-0.1, -0.05) is 18.6 Å². The van der Waals surface area contributed by atoms with Crippen LogP contribution >= 0.6 is 0 Å². The van der Waals surface area contributed by atoms with Gasteiger partial charge in [0, 0.05) is 43.2 Å². The van der Waals surface area contributed by atoms with Crippen molar-refractivity contribution in [2.24, 2.45) is 5.73 Å². The third-order valence-corrected chi connectivity index (χ3v) is 7.12. The molecule has 1 aromatic rings. The van der Waals surface area contributed by atoms with E-state index in [-0.39, 0.29) is 24.1 Å². The van der Waals surface area contributed by atoms with Crippen molar-refractivity contribution in [2.75, 3.05) is 0 Å². The molecule has 7 nitrogen and oxygen atoms in total. The Morgan fingerprint density at radius 3 is 2.55 bits per heavy atom. The van der Waals surface area contributed by atoms with Gasteiger partial charge in [0.1, 0.15) is 6.04 Å². The molecule has 4 aliphatic rings. The summed E-state index contributed by atoms with van der Waals surface area (Å²) in [4.78, 5) is 40.7. The average molecular weight is 396 g/mol. The summed E-state index contributed by atoms with van der Waals surface area (Å²) in [6, 6.07) is 7.09.